The van der Waals surface area contributed by atoms with Gasteiger partial charge in [-0.3, -0.25) is 4.90 Å². The number of ether oxygens (including phenoxy) is 1. The maximum Gasteiger partial charge on any atom is 0.338 e. The highest BCUT2D eigenvalue weighted by Gasteiger charge is 2.24. The molecular formula is C15H19N3O2+2. The van der Waals surface area contributed by atoms with Crippen molar-refractivity contribution in [2.75, 3.05) is 38.2 Å². The van der Waals surface area contributed by atoms with Crippen molar-refractivity contribution in [3.8, 4) is 0 Å². The van der Waals surface area contributed by atoms with Gasteiger partial charge in [-0.2, -0.15) is 0 Å². The second-order valence-corrected chi connectivity index (χ2v) is 4.96. The molecule has 0 spiro atoms. The molecule has 0 unspecified atom stereocenters. The number of anilines is 1. The van der Waals surface area contributed by atoms with E-state index in [0.29, 0.717) is 5.56 Å². The number of aromatic nitrogens is 1. The van der Waals surface area contributed by atoms with Crippen molar-refractivity contribution in [1.29, 1.82) is 0 Å². The molecule has 1 aromatic carbocycles. The molecule has 5 heteroatoms. The van der Waals surface area contributed by atoms with E-state index in [4.69, 9.17) is 4.74 Å². The molecule has 3 rings (SSSR count). The van der Waals surface area contributed by atoms with E-state index in [0.717, 1.165) is 42.9 Å². The SMILES string of the molecule is COC(=O)c1cc(N2CC[NH2+]CC2)[nH+]c2ccccc12. The number of hydrogen-bond acceptors (Lipinski definition) is 3. The van der Waals surface area contributed by atoms with Crippen LogP contribution in [0, 0.1) is 0 Å². The van der Waals surface area contributed by atoms with E-state index in [-0.39, 0.29) is 5.97 Å². The zero-order valence-electron chi connectivity index (χ0n) is 11.6. The first-order valence-electron chi connectivity index (χ1n) is 6.89. The van der Waals surface area contributed by atoms with Gasteiger partial charge in [0, 0.05) is 11.5 Å². The zero-order chi connectivity index (χ0) is 13.9. The number of piperazine rings is 1. The predicted octanol–water partition coefficient (Wildman–Crippen LogP) is -0.176. The third-order valence-electron chi connectivity index (χ3n) is 3.71. The van der Waals surface area contributed by atoms with Crippen LogP contribution < -0.4 is 15.2 Å². The molecule has 1 saturated heterocycles. The summed E-state index contributed by atoms with van der Waals surface area (Å²) in [5.74, 6) is 0.692. The molecule has 0 bridgehead atoms. The summed E-state index contributed by atoms with van der Waals surface area (Å²) in [4.78, 5) is 17.7. The number of carbonyl (C=O) groups is 1. The van der Waals surface area contributed by atoms with Crippen LogP contribution in [0.1, 0.15) is 10.4 Å². The standard InChI is InChI=1S/C15H17N3O2/c1-20-15(19)12-10-14(18-8-6-16-7-9-18)17-13-5-3-2-4-11(12)13/h2-5,10,16H,6-9H2,1H3/p+2. The number of carbonyl (C=O) groups excluding carboxylic acids is 1. The Morgan fingerprint density at radius 1 is 1.30 bits per heavy atom. The van der Waals surface area contributed by atoms with Crippen LogP contribution >= 0.6 is 0 Å². The van der Waals surface area contributed by atoms with Gasteiger partial charge in [0.1, 0.15) is 31.7 Å². The Hall–Kier alpha value is -2.14. The summed E-state index contributed by atoms with van der Waals surface area (Å²) < 4.78 is 4.91. The Kier molecular flexibility index (Phi) is 3.52. The molecule has 2 aromatic rings. The van der Waals surface area contributed by atoms with Gasteiger partial charge in [-0.15, -0.1) is 0 Å². The molecule has 0 atom stereocenters. The number of H-pyrrole nitrogens is 1. The molecular weight excluding hydrogens is 254 g/mol. The zero-order valence-corrected chi connectivity index (χ0v) is 11.6. The van der Waals surface area contributed by atoms with Crippen molar-refractivity contribution in [2.45, 2.75) is 0 Å². The van der Waals surface area contributed by atoms with Gasteiger partial charge < -0.3 is 10.1 Å². The van der Waals surface area contributed by atoms with Crippen molar-refractivity contribution >= 4 is 22.7 Å². The smallest absolute Gasteiger partial charge is 0.338 e. The van der Waals surface area contributed by atoms with Gasteiger partial charge in [-0.1, -0.05) is 12.1 Å². The summed E-state index contributed by atoms with van der Waals surface area (Å²) in [7, 11) is 1.42. The number of quaternary nitrogens is 1. The van der Waals surface area contributed by atoms with Crippen LogP contribution in [0.25, 0.3) is 10.9 Å². The minimum atomic E-state index is -0.292. The molecule has 104 valence electrons. The number of fused-ring (bicyclic) bond motifs is 1. The number of methoxy groups -OCH3 is 1. The largest absolute Gasteiger partial charge is 0.465 e. The lowest BCUT2D eigenvalue weighted by atomic mass is 10.1. The van der Waals surface area contributed by atoms with E-state index < -0.39 is 0 Å². The number of benzene rings is 1. The second-order valence-electron chi connectivity index (χ2n) is 4.96. The van der Waals surface area contributed by atoms with Crippen LogP contribution in [-0.4, -0.2) is 39.3 Å². The first-order valence-corrected chi connectivity index (χ1v) is 6.89. The fourth-order valence-electron chi connectivity index (χ4n) is 2.66. The summed E-state index contributed by atoms with van der Waals surface area (Å²) >= 11 is 0. The molecule has 0 saturated carbocycles. The summed E-state index contributed by atoms with van der Waals surface area (Å²) in [5, 5.41) is 3.20. The quantitative estimate of drug-likeness (QED) is 0.773. The Balaban J connectivity index is 2.11. The summed E-state index contributed by atoms with van der Waals surface area (Å²) in [6, 6.07) is 9.72. The molecule has 3 N–H and O–H groups in total. The van der Waals surface area contributed by atoms with E-state index >= 15 is 0 Å². The van der Waals surface area contributed by atoms with E-state index in [2.05, 4.69) is 15.2 Å². The number of aromatic amines is 1. The van der Waals surface area contributed by atoms with Crippen molar-refractivity contribution in [3.63, 3.8) is 0 Å². The Bertz CT molecular complexity index is 636. The number of pyridine rings is 1. The van der Waals surface area contributed by atoms with E-state index in [1.165, 1.54) is 7.11 Å². The van der Waals surface area contributed by atoms with Gasteiger partial charge >= 0.3 is 5.97 Å². The number of nitrogens with two attached hydrogens (primary N) is 1. The minimum absolute atomic E-state index is 0.292. The highest BCUT2D eigenvalue weighted by molar-refractivity contribution is 6.03. The maximum absolute atomic E-state index is 12.0. The topological polar surface area (TPSA) is 60.3 Å². The van der Waals surface area contributed by atoms with Crippen LogP contribution in [0.3, 0.4) is 0 Å². The van der Waals surface area contributed by atoms with Gasteiger partial charge in [0.25, 0.3) is 5.82 Å². The highest BCUT2D eigenvalue weighted by atomic mass is 16.5. The number of nitrogens with one attached hydrogen (secondary N) is 1. The molecule has 0 amide bonds. The van der Waals surface area contributed by atoms with Crippen LogP contribution in [0.15, 0.2) is 30.3 Å². The molecule has 1 aliphatic heterocycles. The van der Waals surface area contributed by atoms with Crippen LogP contribution in [-0.2, 0) is 4.74 Å². The molecule has 1 aromatic heterocycles. The van der Waals surface area contributed by atoms with Crippen molar-refractivity contribution in [1.82, 2.24) is 0 Å². The first kappa shape index (κ1) is 12.9. The average Bonchev–Trinajstić information content (AvgIpc) is 2.54. The third-order valence-corrected chi connectivity index (χ3v) is 3.71. The molecule has 0 radical (unpaired) electrons. The number of hydrogen-bond donors (Lipinski definition) is 1. The molecule has 5 nitrogen and oxygen atoms in total. The fraction of sp³-hybridized carbons (Fsp3) is 0.333. The monoisotopic (exact) mass is 273 g/mol. The average molecular weight is 273 g/mol. The molecule has 20 heavy (non-hydrogen) atoms. The van der Waals surface area contributed by atoms with Gasteiger partial charge in [0.2, 0.25) is 0 Å². The fourth-order valence-corrected chi connectivity index (χ4v) is 2.66. The van der Waals surface area contributed by atoms with E-state index in [1.54, 1.807) is 0 Å². The Morgan fingerprint density at radius 2 is 2.05 bits per heavy atom. The van der Waals surface area contributed by atoms with E-state index in [1.807, 2.05) is 30.3 Å². The van der Waals surface area contributed by atoms with Crippen LogP contribution in [0.5, 0.6) is 0 Å². The molecule has 1 aliphatic rings. The molecule has 2 heterocycles. The molecule has 0 aliphatic carbocycles. The number of nitrogens with zero attached hydrogens (tertiary/aromatic N) is 1. The summed E-state index contributed by atoms with van der Waals surface area (Å²) in [6.45, 7) is 4.12. The van der Waals surface area contributed by atoms with Crippen molar-refractivity contribution in [2.24, 2.45) is 0 Å². The van der Waals surface area contributed by atoms with Crippen molar-refractivity contribution < 1.29 is 19.8 Å². The lowest BCUT2D eigenvalue weighted by Crippen LogP contribution is -2.90. The number of rotatable bonds is 2. The lowest BCUT2D eigenvalue weighted by Gasteiger charge is -2.20. The minimum Gasteiger partial charge on any atom is -0.465 e. The van der Waals surface area contributed by atoms with Gasteiger partial charge in [0.05, 0.1) is 12.7 Å². The van der Waals surface area contributed by atoms with Crippen LogP contribution in [0.2, 0.25) is 0 Å². The maximum atomic E-state index is 12.0. The normalized spacial score (nSPS) is 15.3. The lowest BCUT2D eigenvalue weighted by molar-refractivity contribution is -0.656. The van der Waals surface area contributed by atoms with E-state index in [9.17, 15) is 4.79 Å². The summed E-state index contributed by atoms with van der Waals surface area (Å²) in [6.07, 6.45) is 0. The summed E-state index contributed by atoms with van der Waals surface area (Å²) in [5.41, 5.74) is 1.58. The predicted molar refractivity (Wildman–Crippen MR) is 75.7 cm³/mol. The van der Waals surface area contributed by atoms with Gasteiger partial charge in [-0.05, 0) is 12.1 Å². The number of esters is 1. The van der Waals surface area contributed by atoms with Gasteiger partial charge in [0.15, 0.2) is 0 Å². The number of para-hydroxylation sites is 1. The van der Waals surface area contributed by atoms with Crippen molar-refractivity contribution in [3.05, 3.63) is 35.9 Å². The van der Waals surface area contributed by atoms with Gasteiger partial charge in [-0.25, -0.2) is 9.78 Å². The van der Waals surface area contributed by atoms with Crippen LogP contribution in [0.4, 0.5) is 5.82 Å². The first-order chi connectivity index (χ1) is 9.79. The highest BCUT2D eigenvalue weighted by Crippen LogP contribution is 2.20. The molecule has 1 fully saturated rings. The second kappa shape index (κ2) is 5.46. The third kappa shape index (κ3) is 2.32. The Labute approximate surface area is 117 Å². The Morgan fingerprint density at radius 3 is 2.80 bits per heavy atom.